The standard InChI is InChI=1S/C7H14N2O3/c10-4-6(11)5-3-7(12)9-2-1-8-5/h5-6,8,10-11H,1-4H2,(H,9,12)/t5-,6+/m1/s1. The van der Waals surface area contributed by atoms with E-state index < -0.39 is 6.10 Å². The van der Waals surface area contributed by atoms with Gasteiger partial charge in [0, 0.05) is 25.6 Å². The predicted molar refractivity (Wildman–Crippen MR) is 42.5 cm³/mol. The molecule has 4 N–H and O–H groups in total. The largest absolute Gasteiger partial charge is 0.394 e. The van der Waals surface area contributed by atoms with Crippen molar-refractivity contribution in [1.29, 1.82) is 0 Å². The summed E-state index contributed by atoms with van der Waals surface area (Å²) in [4.78, 5) is 11.0. The molecule has 1 aliphatic heterocycles. The zero-order valence-electron chi connectivity index (χ0n) is 6.79. The third-order valence-electron chi connectivity index (χ3n) is 1.91. The average Bonchev–Trinajstić information content (AvgIpc) is 2.28. The maximum atomic E-state index is 11.0. The normalized spacial score (nSPS) is 27.5. The maximum Gasteiger partial charge on any atom is 0.221 e. The number of hydrogen-bond acceptors (Lipinski definition) is 4. The van der Waals surface area contributed by atoms with Gasteiger partial charge in [0.15, 0.2) is 0 Å². The van der Waals surface area contributed by atoms with Crippen molar-refractivity contribution in [2.24, 2.45) is 0 Å². The van der Waals surface area contributed by atoms with Gasteiger partial charge in [0.2, 0.25) is 5.91 Å². The minimum Gasteiger partial charge on any atom is -0.394 e. The van der Waals surface area contributed by atoms with Crippen LogP contribution in [-0.4, -0.2) is 48.0 Å². The molecule has 0 radical (unpaired) electrons. The molecular formula is C7H14N2O3. The number of nitrogens with one attached hydrogen (secondary N) is 2. The zero-order valence-corrected chi connectivity index (χ0v) is 6.79. The van der Waals surface area contributed by atoms with Crippen LogP contribution in [0.5, 0.6) is 0 Å². The van der Waals surface area contributed by atoms with Crippen molar-refractivity contribution in [3.8, 4) is 0 Å². The highest BCUT2D eigenvalue weighted by molar-refractivity contribution is 5.76. The molecule has 1 amide bonds. The third-order valence-corrected chi connectivity index (χ3v) is 1.91. The van der Waals surface area contributed by atoms with Gasteiger partial charge in [-0.1, -0.05) is 0 Å². The molecule has 1 heterocycles. The smallest absolute Gasteiger partial charge is 0.221 e. The Morgan fingerprint density at radius 1 is 1.58 bits per heavy atom. The molecule has 2 atom stereocenters. The summed E-state index contributed by atoms with van der Waals surface area (Å²) in [7, 11) is 0. The minimum atomic E-state index is -0.853. The second-order valence-electron chi connectivity index (χ2n) is 2.86. The fourth-order valence-electron chi connectivity index (χ4n) is 1.20. The van der Waals surface area contributed by atoms with Crippen LogP contribution in [0.3, 0.4) is 0 Å². The van der Waals surface area contributed by atoms with E-state index in [1.807, 2.05) is 0 Å². The van der Waals surface area contributed by atoms with Gasteiger partial charge in [-0.15, -0.1) is 0 Å². The molecule has 0 aromatic rings. The van der Waals surface area contributed by atoms with Crippen molar-refractivity contribution in [3.63, 3.8) is 0 Å². The highest BCUT2D eigenvalue weighted by atomic mass is 16.3. The van der Waals surface area contributed by atoms with Gasteiger partial charge in [-0.2, -0.15) is 0 Å². The first kappa shape index (κ1) is 9.44. The third kappa shape index (κ3) is 2.44. The summed E-state index contributed by atoms with van der Waals surface area (Å²) >= 11 is 0. The molecule has 1 saturated heterocycles. The van der Waals surface area contributed by atoms with Crippen LogP contribution in [0.15, 0.2) is 0 Å². The van der Waals surface area contributed by atoms with Gasteiger partial charge in [0.1, 0.15) is 0 Å². The summed E-state index contributed by atoms with van der Waals surface area (Å²) in [5.41, 5.74) is 0. The number of carbonyl (C=O) groups excluding carboxylic acids is 1. The Balaban J connectivity index is 2.46. The van der Waals surface area contributed by atoms with Crippen LogP contribution in [0.2, 0.25) is 0 Å². The van der Waals surface area contributed by atoms with E-state index in [4.69, 9.17) is 5.11 Å². The molecule has 70 valence electrons. The molecule has 1 rings (SSSR count). The van der Waals surface area contributed by atoms with Gasteiger partial charge in [-0.05, 0) is 0 Å². The van der Waals surface area contributed by atoms with Crippen molar-refractivity contribution < 1.29 is 15.0 Å². The van der Waals surface area contributed by atoms with Crippen LogP contribution in [0.4, 0.5) is 0 Å². The van der Waals surface area contributed by atoms with E-state index in [1.54, 1.807) is 0 Å². The molecule has 0 unspecified atom stereocenters. The van der Waals surface area contributed by atoms with Crippen molar-refractivity contribution in [2.75, 3.05) is 19.7 Å². The molecule has 1 aliphatic rings. The summed E-state index contributed by atoms with van der Waals surface area (Å²) in [5, 5.41) is 23.5. The van der Waals surface area contributed by atoms with Crippen molar-refractivity contribution in [2.45, 2.75) is 18.6 Å². The minimum absolute atomic E-state index is 0.0856. The fraction of sp³-hybridized carbons (Fsp3) is 0.857. The van der Waals surface area contributed by atoms with Gasteiger partial charge in [0.05, 0.1) is 12.7 Å². The number of carbonyl (C=O) groups is 1. The molecule has 0 spiro atoms. The van der Waals surface area contributed by atoms with Crippen LogP contribution in [0.1, 0.15) is 6.42 Å². The van der Waals surface area contributed by atoms with Crippen LogP contribution in [0.25, 0.3) is 0 Å². The van der Waals surface area contributed by atoms with E-state index in [2.05, 4.69) is 10.6 Å². The molecule has 0 saturated carbocycles. The van der Waals surface area contributed by atoms with Crippen LogP contribution >= 0.6 is 0 Å². The Labute approximate surface area is 70.8 Å². The van der Waals surface area contributed by atoms with E-state index in [-0.39, 0.29) is 25.0 Å². The molecule has 5 nitrogen and oxygen atoms in total. The lowest BCUT2D eigenvalue weighted by atomic mass is 10.1. The van der Waals surface area contributed by atoms with Gasteiger partial charge < -0.3 is 20.8 Å². The van der Waals surface area contributed by atoms with Crippen molar-refractivity contribution in [3.05, 3.63) is 0 Å². The molecule has 0 aromatic carbocycles. The number of rotatable bonds is 2. The summed E-state index contributed by atoms with van der Waals surface area (Å²) < 4.78 is 0. The van der Waals surface area contributed by atoms with E-state index in [1.165, 1.54) is 0 Å². The lowest BCUT2D eigenvalue weighted by Crippen LogP contribution is -2.42. The molecule has 0 bridgehead atoms. The highest BCUT2D eigenvalue weighted by Crippen LogP contribution is 2.00. The van der Waals surface area contributed by atoms with Gasteiger partial charge >= 0.3 is 0 Å². The quantitative estimate of drug-likeness (QED) is 0.383. The summed E-state index contributed by atoms with van der Waals surface area (Å²) in [6, 6.07) is -0.322. The number of amides is 1. The zero-order chi connectivity index (χ0) is 8.97. The summed E-state index contributed by atoms with van der Waals surface area (Å²) in [5.74, 6) is -0.0856. The lowest BCUT2D eigenvalue weighted by molar-refractivity contribution is -0.121. The van der Waals surface area contributed by atoms with Crippen molar-refractivity contribution in [1.82, 2.24) is 10.6 Å². The molecule has 1 fully saturated rings. The lowest BCUT2D eigenvalue weighted by Gasteiger charge is -2.18. The molecule has 0 aromatic heterocycles. The van der Waals surface area contributed by atoms with Gasteiger partial charge in [-0.25, -0.2) is 0 Å². The van der Waals surface area contributed by atoms with Gasteiger partial charge in [-0.3, -0.25) is 4.79 Å². The fourth-order valence-corrected chi connectivity index (χ4v) is 1.20. The first-order valence-electron chi connectivity index (χ1n) is 4.03. The highest BCUT2D eigenvalue weighted by Gasteiger charge is 2.22. The average molecular weight is 174 g/mol. The SMILES string of the molecule is O=C1C[C@H]([C@@H](O)CO)NCCN1. The number of hydrogen-bond donors (Lipinski definition) is 4. The predicted octanol–water partition coefficient (Wildman–Crippen LogP) is -2.18. The Morgan fingerprint density at radius 3 is 3.00 bits per heavy atom. The number of aliphatic hydroxyl groups is 2. The Morgan fingerprint density at radius 2 is 2.33 bits per heavy atom. The molecule has 12 heavy (non-hydrogen) atoms. The van der Waals surface area contributed by atoms with E-state index in [0.717, 1.165) is 0 Å². The van der Waals surface area contributed by atoms with Crippen molar-refractivity contribution >= 4 is 5.91 Å². The Hall–Kier alpha value is -0.650. The number of aliphatic hydroxyl groups excluding tert-OH is 2. The second kappa shape index (κ2) is 4.39. The summed E-state index contributed by atoms with van der Waals surface area (Å²) in [6.45, 7) is 0.895. The van der Waals surface area contributed by atoms with Crippen LogP contribution < -0.4 is 10.6 Å². The van der Waals surface area contributed by atoms with Gasteiger partial charge in [0.25, 0.3) is 0 Å². The second-order valence-corrected chi connectivity index (χ2v) is 2.86. The first-order valence-corrected chi connectivity index (χ1v) is 4.03. The van der Waals surface area contributed by atoms with E-state index in [9.17, 15) is 9.90 Å². The molecule has 5 heteroatoms. The van der Waals surface area contributed by atoms with E-state index in [0.29, 0.717) is 13.1 Å². The Kier molecular flexibility index (Phi) is 3.46. The van der Waals surface area contributed by atoms with Crippen LogP contribution in [-0.2, 0) is 4.79 Å². The maximum absolute atomic E-state index is 11.0. The van der Waals surface area contributed by atoms with Crippen LogP contribution in [0, 0.1) is 0 Å². The summed E-state index contributed by atoms with van der Waals surface area (Å²) in [6.07, 6.45) is -0.629. The monoisotopic (exact) mass is 174 g/mol. The molecule has 0 aliphatic carbocycles. The molecular weight excluding hydrogens is 160 g/mol. The Bertz CT molecular complexity index is 163. The topological polar surface area (TPSA) is 81.6 Å². The van der Waals surface area contributed by atoms with E-state index >= 15 is 0 Å². The first-order chi connectivity index (χ1) is 5.74.